The molecular weight excluding hydrogens is 262 g/mol. The van der Waals surface area contributed by atoms with Crippen molar-refractivity contribution >= 4 is 23.1 Å². The third-order valence-corrected chi connectivity index (χ3v) is 4.91. The van der Waals surface area contributed by atoms with Crippen molar-refractivity contribution in [2.45, 2.75) is 37.0 Å². The third-order valence-electron chi connectivity index (χ3n) is 2.69. The molecule has 18 heavy (non-hydrogen) atoms. The maximum Gasteiger partial charge on any atom is 0.305 e. The van der Waals surface area contributed by atoms with Crippen LogP contribution in [0.15, 0.2) is 40.2 Å². The Bertz CT molecular complexity index is 557. The molecule has 0 amide bonds. The van der Waals surface area contributed by atoms with Crippen LogP contribution in [0.3, 0.4) is 0 Å². The number of rotatable bonds is 4. The Morgan fingerprint density at radius 3 is 2.44 bits per heavy atom. The van der Waals surface area contributed by atoms with Crippen LogP contribution in [0.1, 0.15) is 37.1 Å². The Morgan fingerprint density at radius 2 is 1.83 bits per heavy atom. The van der Waals surface area contributed by atoms with E-state index in [2.05, 4.69) is 37.9 Å². The van der Waals surface area contributed by atoms with E-state index in [-0.39, 0.29) is 10.8 Å². The highest BCUT2D eigenvalue weighted by molar-refractivity contribution is 8.00. The van der Waals surface area contributed by atoms with Crippen molar-refractivity contribution in [1.29, 1.82) is 0 Å². The van der Waals surface area contributed by atoms with E-state index in [1.807, 2.05) is 18.2 Å². The zero-order valence-electron chi connectivity index (χ0n) is 10.8. The second-order valence-electron chi connectivity index (χ2n) is 4.51. The summed E-state index contributed by atoms with van der Waals surface area (Å²) in [6, 6.07) is 10.3. The molecule has 0 radical (unpaired) electrons. The molecule has 0 aliphatic rings. The van der Waals surface area contributed by atoms with Gasteiger partial charge < -0.3 is 4.98 Å². The molecule has 1 atom stereocenters. The van der Waals surface area contributed by atoms with Crippen molar-refractivity contribution in [2.24, 2.45) is 0 Å². The van der Waals surface area contributed by atoms with Gasteiger partial charge in [0.1, 0.15) is 0 Å². The Balaban J connectivity index is 2.35. The van der Waals surface area contributed by atoms with Gasteiger partial charge in [-0.15, -0.1) is 11.8 Å². The van der Waals surface area contributed by atoms with Gasteiger partial charge >= 0.3 is 4.87 Å². The number of thioether (sulfide) groups is 1. The highest BCUT2D eigenvalue weighted by Crippen LogP contribution is 2.34. The monoisotopic (exact) mass is 279 g/mol. The zero-order chi connectivity index (χ0) is 13.1. The van der Waals surface area contributed by atoms with Crippen LogP contribution in [0.5, 0.6) is 0 Å². The van der Waals surface area contributed by atoms with Crippen LogP contribution in [0.25, 0.3) is 0 Å². The summed E-state index contributed by atoms with van der Waals surface area (Å²) in [5.41, 5.74) is 1.25. The first kappa shape index (κ1) is 13.4. The van der Waals surface area contributed by atoms with E-state index in [0.29, 0.717) is 5.25 Å². The average Bonchev–Trinajstić information content (AvgIpc) is 2.69. The van der Waals surface area contributed by atoms with Gasteiger partial charge in [0.2, 0.25) is 0 Å². The van der Waals surface area contributed by atoms with E-state index in [9.17, 15) is 4.79 Å². The lowest BCUT2D eigenvalue weighted by Crippen LogP contribution is -1.97. The van der Waals surface area contributed by atoms with Gasteiger partial charge in [0.15, 0.2) is 0 Å². The number of aromatic amines is 1. The van der Waals surface area contributed by atoms with Crippen molar-refractivity contribution in [3.8, 4) is 0 Å². The Kier molecular flexibility index (Phi) is 4.30. The van der Waals surface area contributed by atoms with E-state index in [1.165, 1.54) is 16.9 Å². The number of aromatic nitrogens is 1. The van der Waals surface area contributed by atoms with Gasteiger partial charge in [0.25, 0.3) is 0 Å². The maximum absolute atomic E-state index is 11.6. The van der Waals surface area contributed by atoms with Crippen molar-refractivity contribution in [1.82, 2.24) is 4.98 Å². The molecule has 0 fully saturated rings. The van der Waals surface area contributed by atoms with Crippen LogP contribution in [-0.2, 0) is 0 Å². The minimum absolute atomic E-state index is 0.0379. The predicted molar refractivity (Wildman–Crippen MR) is 79.9 cm³/mol. The molecule has 4 heteroatoms. The first-order chi connectivity index (χ1) is 8.58. The van der Waals surface area contributed by atoms with E-state index < -0.39 is 0 Å². The standard InChI is InChI=1S/C14H17NOS2/c1-9(2)17-13-12(18-14(16)15-13)10(3)11-7-5-4-6-8-11/h4-10H,1-3H3,(H,15,16)/t10-/m0/s1. The van der Waals surface area contributed by atoms with Gasteiger partial charge in [0.05, 0.1) is 5.03 Å². The van der Waals surface area contributed by atoms with Gasteiger partial charge in [-0.25, -0.2) is 0 Å². The predicted octanol–water partition coefficient (Wildman–Crippen LogP) is 4.09. The molecular formula is C14H17NOS2. The number of thiazole rings is 1. The molecule has 2 nitrogen and oxygen atoms in total. The number of benzene rings is 1. The lowest BCUT2D eigenvalue weighted by Gasteiger charge is -2.12. The van der Waals surface area contributed by atoms with Crippen molar-refractivity contribution in [3.63, 3.8) is 0 Å². The number of nitrogens with one attached hydrogen (secondary N) is 1. The molecule has 2 aromatic rings. The largest absolute Gasteiger partial charge is 0.307 e. The summed E-state index contributed by atoms with van der Waals surface area (Å²) in [5.74, 6) is 0.261. The highest BCUT2D eigenvalue weighted by atomic mass is 32.2. The maximum atomic E-state index is 11.6. The molecule has 2 rings (SSSR count). The minimum atomic E-state index is 0.0379. The topological polar surface area (TPSA) is 32.9 Å². The number of hydrogen-bond donors (Lipinski definition) is 1. The number of H-pyrrole nitrogens is 1. The van der Waals surface area contributed by atoms with Crippen LogP contribution in [-0.4, -0.2) is 10.2 Å². The van der Waals surface area contributed by atoms with Gasteiger partial charge in [-0.2, -0.15) is 0 Å². The summed E-state index contributed by atoms with van der Waals surface area (Å²) >= 11 is 3.05. The second-order valence-corrected chi connectivity index (χ2v) is 7.11. The summed E-state index contributed by atoms with van der Waals surface area (Å²) in [4.78, 5) is 15.7. The van der Waals surface area contributed by atoms with E-state index in [4.69, 9.17) is 0 Å². The normalized spacial score (nSPS) is 12.9. The Morgan fingerprint density at radius 1 is 1.17 bits per heavy atom. The van der Waals surface area contributed by atoms with E-state index >= 15 is 0 Å². The van der Waals surface area contributed by atoms with E-state index in [1.54, 1.807) is 11.8 Å². The summed E-state index contributed by atoms with van der Waals surface area (Å²) in [6.07, 6.45) is 0. The first-order valence-corrected chi connectivity index (χ1v) is 7.72. The quantitative estimate of drug-likeness (QED) is 0.855. The average molecular weight is 279 g/mol. The molecule has 0 aliphatic carbocycles. The lowest BCUT2D eigenvalue weighted by atomic mass is 10.0. The molecule has 0 bridgehead atoms. The van der Waals surface area contributed by atoms with Crippen LogP contribution in [0, 0.1) is 0 Å². The molecule has 0 saturated carbocycles. The zero-order valence-corrected chi connectivity index (χ0v) is 12.4. The molecule has 1 aromatic heterocycles. The van der Waals surface area contributed by atoms with Crippen molar-refractivity contribution < 1.29 is 0 Å². The summed E-state index contributed by atoms with van der Waals surface area (Å²) in [6.45, 7) is 6.42. The van der Waals surface area contributed by atoms with Gasteiger partial charge in [-0.05, 0) is 5.56 Å². The van der Waals surface area contributed by atoms with Gasteiger partial charge in [0, 0.05) is 16.0 Å². The smallest absolute Gasteiger partial charge is 0.305 e. The minimum Gasteiger partial charge on any atom is -0.307 e. The molecule has 1 aromatic carbocycles. The van der Waals surface area contributed by atoms with Crippen LogP contribution in [0.4, 0.5) is 0 Å². The molecule has 0 aliphatic heterocycles. The first-order valence-electron chi connectivity index (χ1n) is 6.02. The fourth-order valence-electron chi connectivity index (χ4n) is 1.83. The fraction of sp³-hybridized carbons (Fsp3) is 0.357. The number of hydrogen-bond acceptors (Lipinski definition) is 3. The second kappa shape index (κ2) is 5.76. The molecule has 0 saturated heterocycles. The van der Waals surface area contributed by atoms with Crippen LogP contribution in [0.2, 0.25) is 0 Å². The Hall–Kier alpha value is -1.00. The summed E-state index contributed by atoms with van der Waals surface area (Å²) in [7, 11) is 0. The van der Waals surface area contributed by atoms with Crippen molar-refractivity contribution in [2.75, 3.05) is 0 Å². The highest BCUT2D eigenvalue weighted by Gasteiger charge is 2.17. The molecule has 1 N–H and O–H groups in total. The fourth-order valence-corrected chi connectivity index (χ4v) is 3.89. The van der Waals surface area contributed by atoms with Gasteiger partial charge in [-0.1, -0.05) is 62.4 Å². The van der Waals surface area contributed by atoms with E-state index in [0.717, 1.165) is 9.90 Å². The summed E-state index contributed by atoms with van der Waals surface area (Å²) in [5, 5.41) is 1.49. The molecule has 1 heterocycles. The Labute approximate surface area is 115 Å². The molecule has 0 spiro atoms. The summed E-state index contributed by atoms with van der Waals surface area (Å²) < 4.78 is 0. The van der Waals surface area contributed by atoms with Gasteiger partial charge in [-0.3, -0.25) is 4.79 Å². The molecule has 0 unspecified atom stereocenters. The lowest BCUT2D eigenvalue weighted by molar-refractivity contribution is 0.899. The van der Waals surface area contributed by atoms with Crippen molar-refractivity contribution in [3.05, 3.63) is 50.4 Å². The van der Waals surface area contributed by atoms with Crippen LogP contribution < -0.4 is 4.87 Å². The molecule has 96 valence electrons. The third kappa shape index (κ3) is 3.06. The SMILES string of the molecule is CC(C)Sc1[nH]c(=O)sc1[C@@H](C)c1ccccc1. The van der Waals surface area contributed by atoms with Crippen LogP contribution >= 0.6 is 23.1 Å².